The van der Waals surface area contributed by atoms with E-state index in [0.717, 1.165) is 43.2 Å². The third-order valence-electron chi connectivity index (χ3n) is 8.03. The number of hydrogen-bond acceptors (Lipinski definition) is 6. The molecule has 1 aromatic rings. The molecule has 2 aliphatic heterocycles. The van der Waals surface area contributed by atoms with Gasteiger partial charge in [0.2, 0.25) is 15.9 Å². The Labute approximate surface area is 226 Å². The lowest BCUT2D eigenvalue weighted by molar-refractivity contribution is -0.128. The number of hydrogen-bond donors (Lipinski definition) is 1. The van der Waals surface area contributed by atoms with Crippen LogP contribution in [0.5, 0.6) is 0 Å². The predicted octanol–water partition coefficient (Wildman–Crippen LogP) is 3.55. The van der Waals surface area contributed by atoms with Crippen LogP contribution in [0.3, 0.4) is 0 Å². The van der Waals surface area contributed by atoms with Gasteiger partial charge in [-0.25, -0.2) is 17.5 Å². The number of sulfonamides is 1. The number of ether oxygens (including phenoxy) is 1. The first-order valence-corrected chi connectivity index (χ1v) is 15.3. The van der Waals surface area contributed by atoms with Gasteiger partial charge in [0.1, 0.15) is 17.7 Å². The Bertz CT molecular complexity index is 1160. The Balaban J connectivity index is 1.35. The molecule has 2 heterocycles. The Morgan fingerprint density at radius 3 is 2.37 bits per heavy atom. The molecule has 10 heteroatoms. The number of carbonyl (C=O) groups excluding carboxylic acids is 2. The highest BCUT2D eigenvalue weighted by atomic mass is 32.2. The molecule has 9 nitrogen and oxygen atoms in total. The fourth-order valence-electron chi connectivity index (χ4n) is 6.10. The van der Waals surface area contributed by atoms with Crippen LogP contribution in [0.25, 0.3) is 0 Å². The molecule has 0 spiro atoms. The maximum absolute atomic E-state index is 13.3. The molecular weight excluding hydrogens is 504 g/mol. The summed E-state index contributed by atoms with van der Waals surface area (Å²) in [5.41, 5.74) is 1.45. The van der Waals surface area contributed by atoms with E-state index in [9.17, 15) is 23.3 Å². The largest absolute Gasteiger partial charge is 0.444 e. The second-order valence-electron chi connectivity index (χ2n) is 11.8. The van der Waals surface area contributed by atoms with Crippen LogP contribution in [-0.4, -0.2) is 72.2 Å². The van der Waals surface area contributed by atoms with Crippen LogP contribution in [-0.2, 0) is 26.0 Å². The lowest BCUT2D eigenvalue weighted by Crippen LogP contribution is -2.55. The highest BCUT2D eigenvalue weighted by molar-refractivity contribution is 7.89. The van der Waals surface area contributed by atoms with Gasteiger partial charge in [0, 0.05) is 25.6 Å². The second-order valence-corrected chi connectivity index (χ2v) is 14.0. The van der Waals surface area contributed by atoms with Gasteiger partial charge in [-0.2, -0.15) is 5.26 Å². The minimum absolute atomic E-state index is 0.00706. The molecule has 3 aliphatic rings. The van der Waals surface area contributed by atoms with Crippen molar-refractivity contribution in [3.8, 4) is 6.07 Å². The van der Waals surface area contributed by atoms with Crippen molar-refractivity contribution < 1.29 is 22.7 Å². The zero-order valence-corrected chi connectivity index (χ0v) is 23.7. The third-order valence-corrected chi connectivity index (χ3v) is 9.91. The minimum atomic E-state index is -3.15. The number of nitrogens with zero attached hydrogens (tertiary/aromatic N) is 3. The van der Waals surface area contributed by atoms with Gasteiger partial charge in [-0.1, -0.05) is 24.3 Å². The average molecular weight is 545 g/mol. The van der Waals surface area contributed by atoms with Gasteiger partial charge in [0.15, 0.2) is 0 Å². The number of likely N-dealkylation sites (tertiary alicyclic amines) is 1. The fourth-order valence-corrected chi connectivity index (χ4v) is 7.23. The van der Waals surface area contributed by atoms with E-state index in [1.807, 2.05) is 45.0 Å². The molecule has 1 saturated carbocycles. The fraction of sp³-hybridized carbons (Fsp3) is 0.679. The summed E-state index contributed by atoms with van der Waals surface area (Å²) < 4.78 is 31.4. The molecule has 0 unspecified atom stereocenters. The normalized spacial score (nSPS) is 25.1. The number of benzene rings is 1. The van der Waals surface area contributed by atoms with E-state index >= 15 is 0 Å². The van der Waals surface area contributed by atoms with Gasteiger partial charge in [-0.05, 0) is 82.8 Å². The Morgan fingerprint density at radius 2 is 1.79 bits per heavy atom. The number of piperidine rings is 2. The van der Waals surface area contributed by atoms with Gasteiger partial charge in [0.25, 0.3) is 0 Å². The van der Waals surface area contributed by atoms with E-state index in [-0.39, 0.29) is 23.6 Å². The Hall–Kier alpha value is -2.64. The van der Waals surface area contributed by atoms with Crippen molar-refractivity contribution in [2.24, 2.45) is 5.92 Å². The van der Waals surface area contributed by atoms with Crippen LogP contribution in [0.15, 0.2) is 24.3 Å². The molecule has 1 N–H and O–H groups in total. The van der Waals surface area contributed by atoms with Crippen molar-refractivity contribution in [1.82, 2.24) is 14.5 Å². The van der Waals surface area contributed by atoms with Gasteiger partial charge >= 0.3 is 6.09 Å². The highest BCUT2D eigenvalue weighted by Gasteiger charge is 2.52. The first-order chi connectivity index (χ1) is 17.9. The van der Waals surface area contributed by atoms with Crippen molar-refractivity contribution >= 4 is 22.0 Å². The van der Waals surface area contributed by atoms with Gasteiger partial charge < -0.3 is 10.1 Å². The second kappa shape index (κ2) is 11.2. The van der Waals surface area contributed by atoms with Crippen molar-refractivity contribution in [2.75, 3.05) is 18.8 Å². The summed E-state index contributed by atoms with van der Waals surface area (Å²) in [4.78, 5) is 27.8. The maximum Gasteiger partial charge on any atom is 0.411 e. The third kappa shape index (κ3) is 6.32. The monoisotopic (exact) mass is 544 g/mol. The summed E-state index contributed by atoms with van der Waals surface area (Å²) in [6.07, 6.45) is 4.02. The number of fused-ring (bicyclic) bond motifs is 2. The van der Waals surface area contributed by atoms with E-state index in [0.29, 0.717) is 25.4 Å². The molecule has 0 aromatic heterocycles. The molecule has 4 atom stereocenters. The Morgan fingerprint density at radius 1 is 1.13 bits per heavy atom. The smallest absolute Gasteiger partial charge is 0.411 e. The van der Waals surface area contributed by atoms with E-state index < -0.39 is 33.8 Å². The van der Waals surface area contributed by atoms with Crippen molar-refractivity contribution in [3.63, 3.8) is 0 Å². The zero-order valence-electron chi connectivity index (χ0n) is 22.9. The zero-order chi connectivity index (χ0) is 27.7. The minimum Gasteiger partial charge on any atom is -0.444 e. The number of rotatable bonds is 7. The number of carbonyl (C=O) groups is 2. The Kier molecular flexibility index (Phi) is 8.38. The van der Waals surface area contributed by atoms with Crippen LogP contribution < -0.4 is 5.32 Å². The summed E-state index contributed by atoms with van der Waals surface area (Å²) in [5.74, 6) is 0.226. The van der Waals surface area contributed by atoms with Gasteiger partial charge in [0.05, 0.1) is 11.8 Å². The number of amides is 2. The first kappa shape index (κ1) is 28.4. The predicted molar refractivity (Wildman–Crippen MR) is 144 cm³/mol. The van der Waals surface area contributed by atoms with Crippen LogP contribution in [0, 0.1) is 17.2 Å². The standard InChI is InChI=1S/C28H40N4O5S/c1-5-38(35,36)31-14-12-21(13-15-31)20-8-6-19(7-9-20)16-23(18-29)30-26(33)25-22-10-11-24(17-22)32(25)27(34)37-28(2,3)4/h6-9,21-25H,5,10-17H2,1-4H3,(H,30,33)/t22-,23-,24+,25-/m0/s1. The molecule has 1 aromatic carbocycles. The average Bonchev–Trinajstić information content (AvgIpc) is 3.50. The van der Waals surface area contributed by atoms with E-state index in [4.69, 9.17) is 4.74 Å². The van der Waals surface area contributed by atoms with Crippen molar-refractivity contribution in [3.05, 3.63) is 35.4 Å². The van der Waals surface area contributed by atoms with Crippen LogP contribution >= 0.6 is 0 Å². The maximum atomic E-state index is 13.3. The molecule has 2 amide bonds. The lowest BCUT2D eigenvalue weighted by Gasteiger charge is -2.35. The van der Waals surface area contributed by atoms with Crippen LogP contribution in [0.4, 0.5) is 4.79 Å². The van der Waals surface area contributed by atoms with Gasteiger partial charge in [-0.15, -0.1) is 0 Å². The number of nitrogens with one attached hydrogen (secondary N) is 1. The molecule has 38 heavy (non-hydrogen) atoms. The quantitative estimate of drug-likeness (QED) is 0.561. The summed E-state index contributed by atoms with van der Waals surface area (Å²) in [7, 11) is -3.15. The molecular formula is C28H40N4O5S. The van der Waals surface area contributed by atoms with Crippen LogP contribution in [0.2, 0.25) is 0 Å². The van der Waals surface area contributed by atoms with Crippen LogP contribution in [0.1, 0.15) is 76.8 Å². The molecule has 3 fully saturated rings. The van der Waals surface area contributed by atoms with Gasteiger partial charge in [-0.3, -0.25) is 9.69 Å². The highest BCUT2D eigenvalue weighted by Crippen LogP contribution is 2.43. The SMILES string of the molecule is CCS(=O)(=O)N1CCC(c2ccc(C[C@@H](C#N)NC(=O)[C@@H]3[C@H]4CC[C@H](C4)N3C(=O)OC(C)(C)C)cc2)CC1. The molecule has 1 aliphatic carbocycles. The lowest BCUT2D eigenvalue weighted by atomic mass is 9.89. The van der Waals surface area contributed by atoms with E-state index in [2.05, 4.69) is 11.4 Å². The molecule has 4 rings (SSSR count). The molecule has 208 valence electrons. The van der Waals surface area contributed by atoms with E-state index in [1.54, 1.807) is 16.1 Å². The van der Waals surface area contributed by atoms with E-state index in [1.165, 1.54) is 0 Å². The molecule has 2 saturated heterocycles. The summed E-state index contributed by atoms with van der Waals surface area (Å²) >= 11 is 0. The van der Waals surface area contributed by atoms with Crippen molar-refractivity contribution in [2.45, 2.75) is 95.9 Å². The summed E-state index contributed by atoms with van der Waals surface area (Å²) in [6, 6.07) is 8.93. The molecule has 0 radical (unpaired) electrons. The topological polar surface area (TPSA) is 120 Å². The first-order valence-electron chi connectivity index (χ1n) is 13.7. The number of nitriles is 1. The summed E-state index contributed by atoms with van der Waals surface area (Å²) in [6.45, 7) is 8.18. The summed E-state index contributed by atoms with van der Waals surface area (Å²) in [5, 5.41) is 12.7. The van der Waals surface area contributed by atoms with Crippen molar-refractivity contribution in [1.29, 1.82) is 5.26 Å². The molecule has 2 bridgehead atoms.